The maximum absolute atomic E-state index is 13.5. The van der Waals surface area contributed by atoms with Gasteiger partial charge >= 0.3 is 0 Å². The molecule has 0 saturated heterocycles. The van der Waals surface area contributed by atoms with Crippen LogP contribution in [0.4, 0.5) is 4.39 Å². The van der Waals surface area contributed by atoms with E-state index >= 15 is 0 Å². The van der Waals surface area contributed by atoms with E-state index in [1.54, 1.807) is 12.1 Å². The first-order valence-electron chi connectivity index (χ1n) is 11.0. The fraction of sp³-hybridized carbons (Fsp3) is 0. The van der Waals surface area contributed by atoms with Crippen LogP contribution in [0.25, 0.3) is 55.2 Å². The van der Waals surface area contributed by atoms with Gasteiger partial charge in [0.1, 0.15) is 5.82 Å². The summed E-state index contributed by atoms with van der Waals surface area (Å²) in [5.41, 5.74) is 7.28. The third kappa shape index (κ3) is 3.77. The topological polar surface area (TPSA) is 12.9 Å². The molecule has 0 atom stereocenters. The summed E-state index contributed by atoms with van der Waals surface area (Å²) in [5, 5.41) is 3.52. The van der Waals surface area contributed by atoms with Crippen molar-refractivity contribution in [1.82, 2.24) is 4.98 Å². The molecule has 0 aliphatic carbocycles. The van der Waals surface area contributed by atoms with Gasteiger partial charge in [-0.05, 0) is 69.4 Å². The third-order valence-corrected chi connectivity index (χ3v) is 6.11. The lowest BCUT2D eigenvalue weighted by Gasteiger charge is -2.08. The Balaban J connectivity index is 1.32. The molecule has 0 N–H and O–H groups in total. The number of hydrogen-bond acceptors (Lipinski definition) is 1. The van der Waals surface area contributed by atoms with Crippen LogP contribution < -0.4 is 0 Å². The van der Waals surface area contributed by atoms with Crippen molar-refractivity contribution in [2.45, 2.75) is 0 Å². The molecular formula is C31H20FN. The second-order valence-corrected chi connectivity index (χ2v) is 8.25. The van der Waals surface area contributed by atoms with Crippen LogP contribution >= 0.6 is 0 Å². The van der Waals surface area contributed by atoms with Crippen LogP contribution in [-0.2, 0) is 0 Å². The van der Waals surface area contributed by atoms with Gasteiger partial charge in [-0.2, -0.15) is 0 Å². The fourth-order valence-electron chi connectivity index (χ4n) is 4.33. The van der Waals surface area contributed by atoms with Crippen molar-refractivity contribution in [2.24, 2.45) is 0 Å². The molecule has 2 heteroatoms. The molecule has 0 amide bonds. The van der Waals surface area contributed by atoms with Gasteiger partial charge in [0.15, 0.2) is 0 Å². The van der Waals surface area contributed by atoms with Gasteiger partial charge in [0.05, 0.1) is 11.2 Å². The number of benzene rings is 5. The lowest BCUT2D eigenvalue weighted by atomic mass is 9.97. The summed E-state index contributed by atoms with van der Waals surface area (Å²) < 4.78 is 13.5. The van der Waals surface area contributed by atoms with Crippen molar-refractivity contribution in [2.75, 3.05) is 0 Å². The van der Waals surface area contributed by atoms with Gasteiger partial charge < -0.3 is 0 Å². The molecule has 0 fully saturated rings. The van der Waals surface area contributed by atoms with Gasteiger partial charge in [-0.3, -0.25) is 0 Å². The van der Waals surface area contributed by atoms with Gasteiger partial charge in [0, 0.05) is 10.9 Å². The van der Waals surface area contributed by atoms with Crippen LogP contribution in [0.1, 0.15) is 0 Å². The van der Waals surface area contributed by atoms with E-state index in [9.17, 15) is 4.39 Å². The lowest BCUT2D eigenvalue weighted by molar-refractivity contribution is 0.628. The van der Waals surface area contributed by atoms with Gasteiger partial charge in [0.25, 0.3) is 0 Å². The van der Waals surface area contributed by atoms with E-state index in [1.807, 2.05) is 36.4 Å². The average Bonchev–Trinajstić information content (AvgIpc) is 2.88. The fourth-order valence-corrected chi connectivity index (χ4v) is 4.33. The summed E-state index contributed by atoms with van der Waals surface area (Å²) in [4.78, 5) is 4.83. The summed E-state index contributed by atoms with van der Waals surface area (Å²) in [6.45, 7) is 0. The highest BCUT2D eigenvalue weighted by Gasteiger charge is 2.06. The number of hydrogen-bond donors (Lipinski definition) is 0. The van der Waals surface area contributed by atoms with Gasteiger partial charge in [0.2, 0.25) is 0 Å². The van der Waals surface area contributed by atoms with Crippen LogP contribution in [-0.4, -0.2) is 4.98 Å². The second kappa shape index (κ2) is 7.99. The highest BCUT2D eigenvalue weighted by Crippen LogP contribution is 2.30. The quantitative estimate of drug-likeness (QED) is 0.277. The molecule has 6 aromatic rings. The first-order chi connectivity index (χ1) is 16.2. The number of fused-ring (bicyclic) bond motifs is 2. The van der Waals surface area contributed by atoms with E-state index in [2.05, 4.69) is 66.7 Å². The van der Waals surface area contributed by atoms with Crippen LogP contribution in [0.5, 0.6) is 0 Å². The number of halogens is 1. The van der Waals surface area contributed by atoms with Crippen molar-refractivity contribution in [1.29, 1.82) is 0 Å². The minimum absolute atomic E-state index is 0.218. The van der Waals surface area contributed by atoms with Crippen molar-refractivity contribution >= 4 is 21.7 Å². The maximum atomic E-state index is 13.5. The first-order valence-corrected chi connectivity index (χ1v) is 11.0. The molecule has 0 spiro atoms. The van der Waals surface area contributed by atoms with E-state index in [-0.39, 0.29) is 5.82 Å². The normalized spacial score (nSPS) is 11.2. The predicted octanol–water partition coefficient (Wildman–Crippen LogP) is 8.53. The van der Waals surface area contributed by atoms with Crippen molar-refractivity contribution in [3.8, 4) is 33.5 Å². The maximum Gasteiger partial charge on any atom is 0.123 e. The zero-order valence-electron chi connectivity index (χ0n) is 17.9. The Kier molecular flexibility index (Phi) is 4.70. The van der Waals surface area contributed by atoms with Gasteiger partial charge in [-0.15, -0.1) is 0 Å². The molecular weight excluding hydrogens is 405 g/mol. The Morgan fingerprint density at radius 3 is 1.79 bits per heavy atom. The van der Waals surface area contributed by atoms with Gasteiger partial charge in [-0.1, -0.05) is 84.9 Å². The third-order valence-electron chi connectivity index (χ3n) is 6.11. The largest absolute Gasteiger partial charge is 0.248 e. The molecule has 33 heavy (non-hydrogen) atoms. The number of nitrogens with zero attached hydrogens (tertiary/aromatic N) is 1. The molecule has 0 bridgehead atoms. The molecule has 0 aliphatic rings. The van der Waals surface area contributed by atoms with E-state index in [4.69, 9.17) is 4.98 Å². The zero-order valence-corrected chi connectivity index (χ0v) is 17.9. The Labute approximate surface area is 191 Å². The number of para-hydroxylation sites is 1. The smallest absolute Gasteiger partial charge is 0.123 e. The molecule has 1 nitrogen and oxygen atoms in total. The second-order valence-electron chi connectivity index (χ2n) is 8.25. The van der Waals surface area contributed by atoms with E-state index in [0.29, 0.717) is 0 Å². The molecule has 1 heterocycles. The molecule has 0 saturated carbocycles. The van der Waals surface area contributed by atoms with E-state index in [0.717, 1.165) is 44.4 Å². The first kappa shape index (κ1) is 19.4. The number of pyridine rings is 1. The minimum Gasteiger partial charge on any atom is -0.248 e. The molecule has 156 valence electrons. The van der Waals surface area contributed by atoms with Crippen molar-refractivity contribution in [3.05, 3.63) is 127 Å². The summed E-state index contributed by atoms with van der Waals surface area (Å²) in [5.74, 6) is -0.218. The summed E-state index contributed by atoms with van der Waals surface area (Å²) >= 11 is 0. The number of rotatable bonds is 3. The van der Waals surface area contributed by atoms with Gasteiger partial charge in [-0.25, -0.2) is 9.37 Å². The molecule has 0 radical (unpaired) electrons. The van der Waals surface area contributed by atoms with Crippen LogP contribution in [0.15, 0.2) is 121 Å². The summed E-state index contributed by atoms with van der Waals surface area (Å²) in [7, 11) is 0. The van der Waals surface area contributed by atoms with Crippen molar-refractivity contribution in [3.63, 3.8) is 0 Å². The zero-order chi connectivity index (χ0) is 22.2. The molecule has 0 unspecified atom stereocenters. The number of aromatic nitrogens is 1. The molecule has 6 rings (SSSR count). The average molecular weight is 426 g/mol. The van der Waals surface area contributed by atoms with Crippen LogP contribution in [0.2, 0.25) is 0 Å². The molecule has 0 aliphatic heterocycles. The lowest BCUT2D eigenvalue weighted by Crippen LogP contribution is -1.86. The monoisotopic (exact) mass is 425 g/mol. The van der Waals surface area contributed by atoms with Crippen LogP contribution in [0.3, 0.4) is 0 Å². The van der Waals surface area contributed by atoms with E-state index < -0.39 is 0 Å². The summed E-state index contributed by atoms with van der Waals surface area (Å²) in [6.07, 6.45) is 0. The highest BCUT2D eigenvalue weighted by molar-refractivity contribution is 5.91. The molecule has 1 aromatic heterocycles. The Bertz CT molecular complexity index is 1620. The highest BCUT2D eigenvalue weighted by atomic mass is 19.1. The van der Waals surface area contributed by atoms with E-state index in [1.165, 1.54) is 16.8 Å². The Hall–Kier alpha value is -4.30. The van der Waals surface area contributed by atoms with Crippen LogP contribution in [0, 0.1) is 5.82 Å². The van der Waals surface area contributed by atoms with Crippen molar-refractivity contribution < 1.29 is 4.39 Å². The Morgan fingerprint density at radius 2 is 1.03 bits per heavy atom. The predicted molar refractivity (Wildman–Crippen MR) is 136 cm³/mol. The minimum atomic E-state index is -0.218. The molecule has 5 aromatic carbocycles. The summed E-state index contributed by atoms with van der Waals surface area (Å²) in [6, 6.07) is 40.4. The Morgan fingerprint density at radius 1 is 0.424 bits per heavy atom. The standard InChI is InChI=1S/C31H20FN/c32-29-6-3-5-24(20-29)21-8-10-22(11-9-21)25-12-13-27-19-28(15-14-26(27)18-25)31-17-16-23-4-1-2-7-30(23)33-31/h1-20H. The SMILES string of the molecule is Fc1cccc(-c2ccc(-c3ccc4cc(-c5ccc6ccccc6n5)ccc4c3)cc2)c1.